The van der Waals surface area contributed by atoms with Gasteiger partial charge >= 0.3 is 6.09 Å². The minimum absolute atomic E-state index is 0.536. The quantitative estimate of drug-likeness (QED) is 0.813. The van der Waals surface area contributed by atoms with Crippen LogP contribution in [0.4, 0.5) is 10.5 Å². The van der Waals surface area contributed by atoms with Gasteiger partial charge in [0.15, 0.2) is 6.29 Å². The highest BCUT2D eigenvalue weighted by atomic mass is 16.6. The Labute approximate surface area is 107 Å². The highest BCUT2D eigenvalue weighted by molar-refractivity contribution is 5.84. The topological polar surface area (TPSA) is 67.8 Å². The largest absolute Gasteiger partial charge is 0.444 e. The average Bonchev–Trinajstić information content (AvgIpc) is 2.25. The second-order valence-electron chi connectivity index (χ2n) is 4.84. The number of rotatable bonds is 3. The molecule has 0 saturated heterocycles. The van der Waals surface area contributed by atoms with Crippen molar-refractivity contribution in [1.29, 1.82) is 0 Å². The molecule has 0 aromatic heterocycles. The number of hydrogen-bond acceptors (Lipinski definition) is 4. The zero-order valence-electron chi connectivity index (χ0n) is 11.1. The SMILES string of the molecule is COC(O)c1cccc(NC(=O)OC(C)(C)C)c1. The molecule has 0 bridgehead atoms. The van der Waals surface area contributed by atoms with Crippen LogP contribution >= 0.6 is 0 Å². The van der Waals surface area contributed by atoms with E-state index in [-0.39, 0.29) is 0 Å². The van der Waals surface area contributed by atoms with Crippen molar-refractivity contribution in [3.63, 3.8) is 0 Å². The third-order valence-electron chi connectivity index (χ3n) is 2.04. The second-order valence-corrected chi connectivity index (χ2v) is 4.84. The van der Waals surface area contributed by atoms with Crippen molar-refractivity contribution < 1.29 is 19.4 Å². The smallest absolute Gasteiger partial charge is 0.412 e. The van der Waals surface area contributed by atoms with Crippen LogP contribution in [0.1, 0.15) is 32.6 Å². The summed E-state index contributed by atoms with van der Waals surface area (Å²) in [4.78, 5) is 11.6. The molecule has 18 heavy (non-hydrogen) atoms. The molecular formula is C13H19NO4. The molecule has 1 rings (SSSR count). The van der Waals surface area contributed by atoms with Crippen molar-refractivity contribution in [3.05, 3.63) is 29.8 Å². The molecule has 0 aliphatic rings. The van der Waals surface area contributed by atoms with Crippen LogP contribution in [0.5, 0.6) is 0 Å². The molecule has 1 aromatic rings. The van der Waals surface area contributed by atoms with E-state index in [0.717, 1.165) is 0 Å². The van der Waals surface area contributed by atoms with Gasteiger partial charge in [-0.25, -0.2) is 4.79 Å². The number of aliphatic hydroxyl groups excluding tert-OH is 1. The first-order chi connectivity index (χ1) is 8.31. The van der Waals surface area contributed by atoms with Crippen LogP contribution in [-0.4, -0.2) is 23.9 Å². The van der Waals surface area contributed by atoms with Gasteiger partial charge in [0.25, 0.3) is 0 Å². The molecule has 1 unspecified atom stereocenters. The van der Waals surface area contributed by atoms with Crippen LogP contribution in [0.3, 0.4) is 0 Å². The summed E-state index contributed by atoms with van der Waals surface area (Å²) >= 11 is 0. The van der Waals surface area contributed by atoms with Crippen molar-refractivity contribution >= 4 is 11.8 Å². The van der Waals surface area contributed by atoms with Crippen molar-refractivity contribution in [3.8, 4) is 0 Å². The van der Waals surface area contributed by atoms with E-state index in [0.29, 0.717) is 11.3 Å². The number of aliphatic hydroxyl groups is 1. The minimum Gasteiger partial charge on any atom is -0.444 e. The van der Waals surface area contributed by atoms with E-state index in [2.05, 4.69) is 5.32 Å². The molecule has 100 valence electrons. The van der Waals surface area contributed by atoms with Crippen LogP contribution in [-0.2, 0) is 9.47 Å². The summed E-state index contributed by atoms with van der Waals surface area (Å²) in [6.07, 6.45) is -1.54. The zero-order valence-corrected chi connectivity index (χ0v) is 11.1. The zero-order chi connectivity index (χ0) is 13.8. The first-order valence-corrected chi connectivity index (χ1v) is 5.62. The summed E-state index contributed by atoms with van der Waals surface area (Å²) < 4.78 is 9.91. The number of nitrogens with one attached hydrogen (secondary N) is 1. The molecule has 0 aliphatic heterocycles. The Bertz CT molecular complexity index is 412. The molecule has 0 heterocycles. The maximum absolute atomic E-state index is 11.6. The van der Waals surface area contributed by atoms with E-state index in [4.69, 9.17) is 9.47 Å². The van der Waals surface area contributed by atoms with Gasteiger partial charge < -0.3 is 14.6 Å². The number of carbonyl (C=O) groups excluding carboxylic acids is 1. The van der Waals surface area contributed by atoms with Crippen LogP contribution in [0.25, 0.3) is 0 Å². The summed E-state index contributed by atoms with van der Waals surface area (Å²) in [7, 11) is 1.40. The van der Waals surface area contributed by atoms with Crippen molar-refractivity contribution in [2.45, 2.75) is 32.7 Å². The summed E-state index contributed by atoms with van der Waals surface area (Å²) in [6.45, 7) is 5.37. The van der Waals surface area contributed by atoms with Gasteiger partial charge in [-0.15, -0.1) is 0 Å². The molecule has 0 radical (unpaired) electrons. The predicted octanol–water partition coefficient (Wildman–Crippen LogP) is 2.67. The molecule has 0 fully saturated rings. The van der Waals surface area contributed by atoms with Gasteiger partial charge in [-0.05, 0) is 32.9 Å². The first-order valence-electron chi connectivity index (χ1n) is 5.62. The van der Waals surface area contributed by atoms with Gasteiger partial charge in [0, 0.05) is 18.4 Å². The number of amides is 1. The lowest BCUT2D eigenvalue weighted by Gasteiger charge is -2.20. The lowest BCUT2D eigenvalue weighted by atomic mass is 10.2. The van der Waals surface area contributed by atoms with Gasteiger partial charge in [-0.3, -0.25) is 5.32 Å². The lowest BCUT2D eigenvalue weighted by Crippen LogP contribution is -2.27. The molecule has 2 N–H and O–H groups in total. The standard InChI is InChI=1S/C13H19NO4/c1-13(2,3)18-12(16)14-10-7-5-6-9(8-10)11(15)17-4/h5-8,11,15H,1-4H3,(H,14,16). The first kappa shape index (κ1) is 14.5. The molecule has 1 atom stereocenters. The number of carbonyl (C=O) groups is 1. The Hall–Kier alpha value is -1.59. The fourth-order valence-corrected chi connectivity index (χ4v) is 1.33. The van der Waals surface area contributed by atoms with Gasteiger partial charge in [0.1, 0.15) is 5.60 Å². The normalized spacial score (nSPS) is 12.9. The fraction of sp³-hybridized carbons (Fsp3) is 0.462. The molecular weight excluding hydrogens is 234 g/mol. The van der Waals surface area contributed by atoms with E-state index < -0.39 is 18.0 Å². The maximum Gasteiger partial charge on any atom is 0.412 e. The van der Waals surface area contributed by atoms with E-state index >= 15 is 0 Å². The monoisotopic (exact) mass is 253 g/mol. The van der Waals surface area contributed by atoms with Crippen LogP contribution in [0, 0.1) is 0 Å². The summed E-state index contributed by atoms with van der Waals surface area (Å²) in [5, 5.41) is 12.1. The molecule has 5 heteroatoms. The number of methoxy groups -OCH3 is 1. The van der Waals surface area contributed by atoms with Gasteiger partial charge in [0.2, 0.25) is 0 Å². The Morgan fingerprint density at radius 3 is 2.61 bits per heavy atom. The highest BCUT2D eigenvalue weighted by Crippen LogP contribution is 2.18. The van der Waals surface area contributed by atoms with E-state index in [9.17, 15) is 9.90 Å². The number of benzene rings is 1. The molecule has 5 nitrogen and oxygen atoms in total. The third kappa shape index (κ3) is 4.73. The maximum atomic E-state index is 11.6. The van der Waals surface area contributed by atoms with Crippen LogP contribution in [0.2, 0.25) is 0 Å². The molecule has 0 spiro atoms. The highest BCUT2D eigenvalue weighted by Gasteiger charge is 2.16. The number of anilines is 1. The average molecular weight is 253 g/mol. The lowest BCUT2D eigenvalue weighted by molar-refractivity contribution is -0.0769. The molecule has 0 aliphatic carbocycles. The molecule has 0 saturated carbocycles. The van der Waals surface area contributed by atoms with Crippen LogP contribution in [0.15, 0.2) is 24.3 Å². The Morgan fingerprint density at radius 2 is 2.06 bits per heavy atom. The number of hydrogen-bond donors (Lipinski definition) is 2. The Kier molecular flexibility index (Phi) is 4.69. The molecule has 1 amide bonds. The van der Waals surface area contributed by atoms with Gasteiger partial charge in [-0.2, -0.15) is 0 Å². The minimum atomic E-state index is -1.01. The summed E-state index contributed by atoms with van der Waals surface area (Å²) in [5.41, 5.74) is 0.553. The van der Waals surface area contributed by atoms with Crippen molar-refractivity contribution in [2.75, 3.05) is 12.4 Å². The van der Waals surface area contributed by atoms with E-state index in [1.807, 2.05) is 0 Å². The Balaban J connectivity index is 2.71. The third-order valence-corrected chi connectivity index (χ3v) is 2.04. The van der Waals surface area contributed by atoms with E-state index in [1.165, 1.54) is 7.11 Å². The molecule has 1 aromatic carbocycles. The second kappa shape index (κ2) is 5.84. The predicted molar refractivity (Wildman–Crippen MR) is 68.3 cm³/mol. The fourth-order valence-electron chi connectivity index (χ4n) is 1.33. The van der Waals surface area contributed by atoms with Crippen LogP contribution < -0.4 is 5.32 Å². The Morgan fingerprint density at radius 1 is 1.39 bits per heavy atom. The van der Waals surface area contributed by atoms with Gasteiger partial charge in [-0.1, -0.05) is 12.1 Å². The van der Waals surface area contributed by atoms with E-state index in [1.54, 1.807) is 45.0 Å². The van der Waals surface area contributed by atoms with Crippen molar-refractivity contribution in [2.24, 2.45) is 0 Å². The number of ether oxygens (including phenoxy) is 2. The van der Waals surface area contributed by atoms with Gasteiger partial charge in [0.05, 0.1) is 0 Å². The summed E-state index contributed by atoms with van der Waals surface area (Å²) in [6, 6.07) is 6.74. The van der Waals surface area contributed by atoms with Crippen molar-refractivity contribution in [1.82, 2.24) is 0 Å². The summed E-state index contributed by atoms with van der Waals surface area (Å²) in [5.74, 6) is 0.